The quantitative estimate of drug-likeness (QED) is 0.746. The standard InChI is InChI=1S/C14H10BrCl2NO/c15-9-2-4-13-12(6-9)18-7-14(19-13)8-1-3-10(16)11(17)5-8/h1-6,14,18H,7H2. The molecular formula is C14H10BrCl2NO. The Morgan fingerprint density at radius 1 is 1.11 bits per heavy atom. The fourth-order valence-electron chi connectivity index (χ4n) is 2.04. The first kappa shape index (κ1) is 13.1. The van der Waals surface area contributed by atoms with E-state index in [1.54, 1.807) is 6.07 Å². The molecule has 2 aromatic rings. The van der Waals surface area contributed by atoms with Crippen molar-refractivity contribution in [3.63, 3.8) is 0 Å². The van der Waals surface area contributed by atoms with Crippen LogP contribution >= 0.6 is 39.1 Å². The fourth-order valence-corrected chi connectivity index (χ4v) is 2.71. The van der Waals surface area contributed by atoms with Gasteiger partial charge in [-0.05, 0) is 35.9 Å². The molecule has 1 heterocycles. The number of fused-ring (bicyclic) bond motifs is 1. The minimum atomic E-state index is -0.0663. The van der Waals surface area contributed by atoms with E-state index in [4.69, 9.17) is 27.9 Å². The third-order valence-corrected chi connectivity index (χ3v) is 4.24. The van der Waals surface area contributed by atoms with E-state index in [0.29, 0.717) is 16.6 Å². The first-order valence-electron chi connectivity index (χ1n) is 5.78. The fraction of sp³-hybridized carbons (Fsp3) is 0.143. The molecule has 0 saturated heterocycles. The highest BCUT2D eigenvalue weighted by Gasteiger charge is 2.21. The monoisotopic (exact) mass is 357 g/mol. The molecule has 0 radical (unpaired) electrons. The lowest BCUT2D eigenvalue weighted by molar-refractivity contribution is 0.210. The van der Waals surface area contributed by atoms with Crippen molar-refractivity contribution in [2.24, 2.45) is 0 Å². The maximum atomic E-state index is 6.04. The van der Waals surface area contributed by atoms with Crippen molar-refractivity contribution in [2.75, 3.05) is 11.9 Å². The second-order valence-corrected chi connectivity index (χ2v) is 6.03. The minimum absolute atomic E-state index is 0.0663. The van der Waals surface area contributed by atoms with E-state index < -0.39 is 0 Å². The molecule has 19 heavy (non-hydrogen) atoms. The summed E-state index contributed by atoms with van der Waals surface area (Å²) in [6.45, 7) is 0.696. The molecular weight excluding hydrogens is 349 g/mol. The lowest BCUT2D eigenvalue weighted by atomic mass is 10.1. The van der Waals surface area contributed by atoms with Crippen molar-refractivity contribution in [3.8, 4) is 5.75 Å². The van der Waals surface area contributed by atoms with Crippen molar-refractivity contribution in [2.45, 2.75) is 6.10 Å². The van der Waals surface area contributed by atoms with Crippen molar-refractivity contribution in [3.05, 3.63) is 56.5 Å². The molecule has 0 saturated carbocycles. The predicted octanol–water partition coefficient (Wildman–Crippen LogP) is 5.30. The highest BCUT2D eigenvalue weighted by atomic mass is 79.9. The molecule has 2 nitrogen and oxygen atoms in total. The van der Waals surface area contributed by atoms with Gasteiger partial charge in [0.05, 0.1) is 22.3 Å². The van der Waals surface area contributed by atoms with Gasteiger partial charge in [-0.3, -0.25) is 0 Å². The van der Waals surface area contributed by atoms with Crippen LogP contribution in [0.5, 0.6) is 5.75 Å². The van der Waals surface area contributed by atoms with Gasteiger partial charge in [0, 0.05) is 4.47 Å². The summed E-state index contributed by atoms with van der Waals surface area (Å²) in [5.41, 5.74) is 2.00. The SMILES string of the molecule is Clc1ccc(C2CNc3cc(Br)ccc3O2)cc1Cl. The number of halogens is 3. The Morgan fingerprint density at radius 3 is 2.74 bits per heavy atom. The van der Waals surface area contributed by atoms with E-state index in [9.17, 15) is 0 Å². The number of benzene rings is 2. The zero-order valence-electron chi connectivity index (χ0n) is 9.79. The molecule has 5 heteroatoms. The summed E-state index contributed by atoms with van der Waals surface area (Å²) in [7, 11) is 0. The van der Waals surface area contributed by atoms with Gasteiger partial charge in [-0.2, -0.15) is 0 Å². The number of hydrogen-bond acceptors (Lipinski definition) is 2. The summed E-state index contributed by atoms with van der Waals surface area (Å²) in [5, 5.41) is 4.45. The molecule has 0 amide bonds. The second kappa shape index (κ2) is 5.23. The van der Waals surface area contributed by atoms with Crippen LogP contribution in [0.3, 0.4) is 0 Å². The van der Waals surface area contributed by atoms with E-state index in [1.165, 1.54) is 0 Å². The summed E-state index contributed by atoms with van der Waals surface area (Å²) < 4.78 is 7.01. The van der Waals surface area contributed by atoms with Gasteiger partial charge in [0.15, 0.2) is 0 Å². The highest BCUT2D eigenvalue weighted by Crippen LogP contribution is 2.37. The van der Waals surface area contributed by atoms with Crippen molar-refractivity contribution in [1.29, 1.82) is 0 Å². The van der Waals surface area contributed by atoms with E-state index >= 15 is 0 Å². The molecule has 1 unspecified atom stereocenters. The molecule has 0 spiro atoms. The lowest BCUT2D eigenvalue weighted by Gasteiger charge is -2.28. The molecule has 1 N–H and O–H groups in total. The number of rotatable bonds is 1. The lowest BCUT2D eigenvalue weighted by Crippen LogP contribution is -2.23. The van der Waals surface area contributed by atoms with Crippen LogP contribution in [0.4, 0.5) is 5.69 Å². The van der Waals surface area contributed by atoms with Crippen LogP contribution < -0.4 is 10.1 Å². The van der Waals surface area contributed by atoms with Crippen LogP contribution in [-0.4, -0.2) is 6.54 Å². The van der Waals surface area contributed by atoms with Gasteiger partial charge in [-0.15, -0.1) is 0 Å². The molecule has 2 aromatic carbocycles. The van der Waals surface area contributed by atoms with Gasteiger partial charge in [0.25, 0.3) is 0 Å². The van der Waals surface area contributed by atoms with E-state index in [2.05, 4.69) is 21.2 Å². The van der Waals surface area contributed by atoms with Gasteiger partial charge in [0.2, 0.25) is 0 Å². The third-order valence-electron chi connectivity index (χ3n) is 3.00. The number of ether oxygens (including phenoxy) is 1. The van der Waals surface area contributed by atoms with Crippen molar-refractivity contribution in [1.82, 2.24) is 0 Å². The Morgan fingerprint density at radius 2 is 1.95 bits per heavy atom. The molecule has 98 valence electrons. The zero-order chi connectivity index (χ0) is 13.4. The van der Waals surface area contributed by atoms with Crippen LogP contribution in [0.25, 0.3) is 0 Å². The molecule has 3 rings (SSSR count). The second-order valence-electron chi connectivity index (χ2n) is 4.30. The maximum absolute atomic E-state index is 6.04. The Hall–Kier alpha value is -0.900. The Balaban J connectivity index is 1.89. The Labute approximate surface area is 129 Å². The van der Waals surface area contributed by atoms with Crippen LogP contribution in [0.1, 0.15) is 11.7 Å². The third kappa shape index (κ3) is 2.69. The maximum Gasteiger partial charge on any atom is 0.143 e. The molecule has 0 aromatic heterocycles. The highest BCUT2D eigenvalue weighted by molar-refractivity contribution is 9.10. The van der Waals surface area contributed by atoms with Crippen LogP contribution in [0.15, 0.2) is 40.9 Å². The normalized spacial score (nSPS) is 17.3. The number of hydrogen-bond donors (Lipinski definition) is 1. The summed E-state index contributed by atoms with van der Waals surface area (Å²) in [4.78, 5) is 0. The number of anilines is 1. The summed E-state index contributed by atoms with van der Waals surface area (Å²) in [5.74, 6) is 0.838. The summed E-state index contributed by atoms with van der Waals surface area (Å²) in [6, 6.07) is 11.5. The van der Waals surface area contributed by atoms with E-state index in [0.717, 1.165) is 21.5 Å². The van der Waals surface area contributed by atoms with Gasteiger partial charge < -0.3 is 10.1 Å². The summed E-state index contributed by atoms with van der Waals surface area (Å²) in [6.07, 6.45) is -0.0663. The smallest absolute Gasteiger partial charge is 0.143 e. The molecule has 0 fully saturated rings. The molecule has 1 aliphatic heterocycles. The molecule has 1 aliphatic rings. The van der Waals surface area contributed by atoms with Gasteiger partial charge in [0.1, 0.15) is 11.9 Å². The van der Waals surface area contributed by atoms with Crippen LogP contribution in [-0.2, 0) is 0 Å². The largest absolute Gasteiger partial charge is 0.482 e. The van der Waals surface area contributed by atoms with Gasteiger partial charge >= 0.3 is 0 Å². The van der Waals surface area contributed by atoms with E-state index in [-0.39, 0.29) is 6.10 Å². The molecule has 0 bridgehead atoms. The average molecular weight is 359 g/mol. The predicted molar refractivity (Wildman–Crippen MR) is 82.5 cm³/mol. The van der Waals surface area contributed by atoms with Gasteiger partial charge in [-0.25, -0.2) is 0 Å². The minimum Gasteiger partial charge on any atom is -0.482 e. The van der Waals surface area contributed by atoms with Gasteiger partial charge in [-0.1, -0.05) is 45.2 Å². The molecule has 1 atom stereocenters. The van der Waals surface area contributed by atoms with Crippen LogP contribution in [0.2, 0.25) is 10.0 Å². The van der Waals surface area contributed by atoms with E-state index in [1.807, 2.05) is 30.3 Å². The Kier molecular flexibility index (Phi) is 3.61. The van der Waals surface area contributed by atoms with Crippen molar-refractivity contribution < 1.29 is 4.74 Å². The summed E-state index contributed by atoms with van der Waals surface area (Å²) >= 11 is 15.4. The molecule has 0 aliphatic carbocycles. The number of nitrogens with one attached hydrogen (secondary N) is 1. The zero-order valence-corrected chi connectivity index (χ0v) is 12.9. The first-order chi connectivity index (χ1) is 9.13. The first-order valence-corrected chi connectivity index (χ1v) is 7.33. The topological polar surface area (TPSA) is 21.3 Å². The Bertz CT molecular complexity index is 633. The average Bonchev–Trinajstić information content (AvgIpc) is 2.41. The van der Waals surface area contributed by atoms with Crippen molar-refractivity contribution >= 4 is 44.8 Å². The van der Waals surface area contributed by atoms with Crippen LogP contribution in [0, 0.1) is 0 Å².